The van der Waals surface area contributed by atoms with Crippen molar-refractivity contribution in [1.29, 1.82) is 0 Å². The molecule has 162 valence electrons. The normalized spacial score (nSPS) is 11.1. The summed E-state index contributed by atoms with van der Waals surface area (Å²) in [5, 5.41) is 6.59. The van der Waals surface area contributed by atoms with Gasteiger partial charge in [0.25, 0.3) is 11.8 Å². The van der Waals surface area contributed by atoms with Crippen molar-refractivity contribution in [3.05, 3.63) is 95.4 Å². The summed E-state index contributed by atoms with van der Waals surface area (Å²) in [5.74, 6) is 0.0223. The van der Waals surface area contributed by atoms with Crippen LogP contribution in [0.4, 0.5) is 0 Å². The zero-order valence-corrected chi connectivity index (χ0v) is 17.6. The number of amides is 2. The third-order valence-electron chi connectivity index (χ3n) is 4.33. The zero-order chi connectivity index (χ0) is 22.8. The van der Waals surface area contributed by atoms with Gasteiger partial charge in [-0.05, 0) is 42.5 Å². The van der Waals surface area contributed by atoms with Gasteiger partial charge in [0.2, 0.25) is 0 Å². The van der Waals surface area contributed by atoms with Crippen molar-refractivity contribution in [2.24, 2.45) is 5.10 Å². The Morgan fingerprint density at radius 1 is 1.00 bits per heavy atom. The van der Waals surface area contributed by atoms with Crippen LogP contribution in [0.25, 0.3) is 6.08 Å². The maximum absolute atomic E-state index is 12.9. The monoisotopic (exact) mass is 430 g/mol. The number of carbonyl (C=O) groups is 2. The second kappa shape index (κ2) is 11.1. The lowest BCUT2D eigenvalue weighted by molar-refractivity contribution is -0.117. The molecular weight excluding hydrogens is 408 g/mol. The van der Waals surface area contributed by atoms with E-state index >= 15 is 0 Å². The standard InChI is InChI=1S/C24H22N4O4/c1-31-20-10-11-22(32-2)19(13-20)14-21(27-23(29)18-8-4-3-5-9-18)24(30)28-26-16-17-7-6-12-25-15-17/h3-16H,1-2H3,(H,27,29)(H,28,30). The number of nitrogens with zero attached hydrogens (tertiary/aromatic N) is 2. The Morgan fingerprint density at radius 3 is 2.50 bits per heavy atom. The molecule has 8 nitrogen and oxygen atoms in total. The maximum Gasteiger partial charge on any atom is 0.287 e. The molecule has 0 unspecified atom stereocenters. The van der Waals surface area contributed by atoms with Gasteiger partial charge >= 0.3 is 0 Å². The fraction of sp³-hybridized carbons (Fsp3) is 0.0833. The van der Waals surface area contributed by atoms with Crippen LogP contribution in [0.2, 0.25) is 0 Å². The van der Waals surface area contributed by atoms with E-state index < -0.39 is 11.8 Å². The number of carbonyl (C=O) groups excluding carboxylic acids is 2. The summed E-state index contributed by atoms with van der Waals surface area (Å²) in [4.78, 5) is 29.5. The summed E-state index contributed by atoms with van der Waals surface area (Å²) in [6.07, 6.45) is 6.19. The van der Waals surface area contributed by atoms with Gasteiger partial charge in [-0.1, -0.05) is 24.3 Å². The van der Waals surface area contributed by atoms with Gasteiger partial charge in [0, 0.05) is 29.1 Å². The van der Waals surface area contributed by atoms with Gasteiger partial charge in [0.15, 0.2) is 0 Å². The van der Waals surface area contributed by atoms with E-state index in [1.165, 1.54) is 26.5 Å². The summed E-state index contributed by atoms with van der Waals surface area (Å²) in [7, 11) is 3.05. The lowest BCUT2D eigenvalue weighted by atomic mass is 10.1. The number of pyridine rings is 1. The van der Waals surface area contributed by atoms with Crippen LogP contribution >= 0.6 is 0 Å². The molecule has 8 heteroatoms. The molecule has 2 amide bonds. The van der Waals surface area contributed by atoms with E-state index in [1.54, 1.807) is 73.1 Å². The number of rotatable bonds is 8. The van der Waals surface area contributed by atoms with Gasteiger partial charge in [-0.25, -0.2) is 5.43 Å². The number of methoxy groups -OCH3 is 2. The van der Waals surface area contributed by atoms with E-state index in [0.29, 0.717) is 28.2 Å². The Balaban J connectivity index is 1.90. The van der Waals surface area contributed by atoms with E-state index in [0.717, 1.165) is 0 Å². The van der Waals surface area contributed by atoms with Crippen molar-refractivity contribution in [2.75, 3.05) is 14.2 Å². The van der Waals surface area contributed by atoms with Crippen LogP contribution in [-0.2, 0) is 4.79 Å². The Labute approximate surface area is 185 Å². The van der Waals surface area contributed by atoms with Gasteiger partial charge in [0.1, 0.15) is 17.2 Å². The number of ether oxygens (including phenoxy) is 2. The molecule has 0 bridgehead atoms. The quantitative estimate of drug-likeness (QED) is 0.325. The molecule has 0 aliphatic heterocycles. The first-order valence-electron chi connectivity index (χ1n) is 9.64. The SMILES string of the molecule is COc1ccc(OC)c(C=C(NC(=O)c2ccccc2)C(=O)NN=Cc2cccnc2)c1. The summed E-state index contributed by atoms with van der Waals surface area (Å²) in [5.41, 5.74) is 4.06. The lowest BCUT2D eigenvalue weighted by Crippen LogP contribution is -2.32. The molecule has 2 aromatic carbocycles. The number of benzene rings is 2. The zero-order valence-electron chi connectivity index (χ0n) is 17.6. The maximum atomic E-state index is 12.9. The predicted molar refractivity (Wildman–Crippen MR) is 121 cm³/mol. The Morgan fingerprint density at radius 2 is 1.81 bits per heavy atom. The molecule has 1 heterocycles. The van der Waals surface area contributed by atoms with Gasteiger partial charge in [0.05, 0.1) is 20.4 Å². The minimum atomic E-state index is -0.612. The van der Waals surface area contributed by atoms with E-state index in [4.69, 9.17) is 9.47 Å². The summed E-state index contributed by atoms with van der Waals surface area (Å²) in [6.45, 7) is 0. The fourth-order valence-corrected chi connectivity index (χ4v) is 2.73. The summed E-state index contributed by atoms with van der Waals surface area (Å²) < 4.78 is 10.6. The van der Waals surface area contributed by atoms with E-state index in [-0.39, 0.29) is 5.70 Å². The lowest BCUT2D eigenvalue weighted by Gasteiger charge is -2.11. The second-order valence-electron chi connectivity index (χ2n) is 6.47. The van der Waals surface area contributed by atoms with Gasteiger partial charge in [-0.3, -0.25) is 14.6 Å². The van der Waals surface area contributed by atoms with Crippen molar-refractivity contribution in [3.63, 3.8) is 0 Å². The van der Waals surface area contributed by atoms with E-state index in [9.17, 15) is 9.59 Å². The molecule has 2 N–H and O–H groups in total. The largest absolute Gasteiger partial charge is 0.497 e. The van der Waals surface area contributed by atoms with Gasteiger partial charge < -0.3 is 14.8 Å². The van der Waals surface area contributed by atoms with E-state index in [2.05, 4.69) is 20.8 Å². The Hall–Kier alpha value is -4.46. The molecule has 3 aromatic rings. The van der Waals surface area contributed by atoms with Crippen molar-refractivity contribution in [3.8, 4) is 11.5 Å². The molecule has 3 rings (SSSR count). The highest BCUT2D eigenvalue weighted by atomic mass is 16.5. The minimum Gasteiger partial charge on any atom is -0.497 e. The molecule has 1 aromatic heterocycles. The first-order valence-corrected chi connectivity index (χ1v) is 9.64. The number of aromatic nitrogens is 1. The molecule has 0 fully saturated rings. The highest BCUT2D eigenvalue weighted by Gasteiger charge is 2.16. The molecule has 0 radical (unpaired) electrons. The second-order valence-corrected chi connectivity index (χ2v) is 6.47. The topological polar surface area (TPSA) is 102 Å². The molecule has 0 saturated carbocycles. The molecule has 0 atom stereocenters. The summed E-state index contributed by atoms with van der Waals surface area (Å²) >= 11 is 0. The highest BCUT2D eigenvalue weighted by molar-refractivity contribution is 6.05. The number of hydrazone groups is 1. The predicted octanol–water partition coefficient (Wildman–Crippen LogP) is 3.02. The summed E-state index contributed by atoms with van der Waals surface area (Å²) in [6, 6.07) is 17.3. The van der Waals surface area contributed by atoms with Crippen LogP contribution in [0, 0.1) is 0 Å². The Bertz CT molecular complexity index is 1130. The average Bonchev–Trinajstić information content (AvgIpc) is 2.84. The van der Waals surface area contributed by atoms with Crippen LogP contribution in [0.5, 0.6) is 11.5 Å². The van der Waals surface area contributed by atoms with Gasteiger partial charge in [-0.2, -0.15) is 5.10 Å². The van der Waals surface area contributed by atoms with Gasteiger partial charge in [-0.15, -0.1) is 0 Å². The fourth-order valence-electron chi connectivity index (χ4n) is 2.73. The number of hydrogen-bond donors (Lipinski definition) is 2. The number of nitrogens with one attached hydrogen (secondary N) is 2. The van der Waals surface area contributed by atoms with Crippen LogP contribution in [0.15, 0.2) is 83.9 Å². The molecule has 0 aliphatic carbocycles. The molecule has 0 spiro atoms. The average molecular weight is 430 g/mol. The van der Waals surface area contributed by atoms with Crippen LogP contribution in [-0.4, -0.2) is 37.2 Å². The first kappa shape index (κ1) is 22.2. The number of hydrogen-bond acceptors (Lipinski definition) is 6. The van der Waals surface area contributed by atoms with Crippen molar-refractivity contribution >= 4 is 24.1 Å². The van der Waals surface area contributed by atoms with Crippen molar-refractivity contribution < 1.29 is 19.1 Å². The van der Waals surface area contributed by atoms with E-state index in [1.807, 2.05) is 0 Å². The Kier molecular flexibility index (Phi) is 7.69. The highest BCUT2D eigenvalue weighted by Crippen LogP contribution is 2.26. The van der Waals surface area contributed by atoms with Crippen molar-refractivity contribution in [1.82, 2.24) is 15.7 Å². The molecule has 32 heavy (non-hydrogen) atoms. The van der Waals surface area contributed by atoms with Crippen LogP contribution in [0.3, 0.4) is 0 Å². The molecule has 0 saturated heterocycles. The van der Waals surface area contributed by atoms with Crippen LogP contribution < -0.4 is 20.2 Å². The smallest absolute Gasteiger partial charge is 0.287 e. The minimum absolute atomic E-state index is 0.0197. The van der Waals surface area contributed by atoms with Crippen LogP contribution in [0.1, 0.15) is 21.5 Å². The third kappa shape index (κ3) is 6.02. The molecular formula is C24H22N4O4. The van der Waals surface area contributed by atoms with Crippen molar-refractivity contribution in [2.45, 2.75) is 0 Å². The third-order valence-corrected chi connectivity index (χ3v) is 4.33. The molecule has 0 aliphatic rings. The first-order chi connectivity index (χ1) is 15.6.